The Balaban J connectivity index is 1.16. The van der Waals surface area contributed by atoms with Crippen LogP contribution in [0.25, 0.3) is 109 Å². The molecule has 67 heavy (non-hydrogen) atoms. The van der Waals surface area contributed by atoms with Gasteiger partial charge in [-0.3, -0.25) is 0 Å². The van der Waals surface area contributed by atoms with E-state index in [1.165, 1.54) is 109 Å². The fraction of sp³-hybridized carbons (Fsp3) is 0. The van der Waals surface area contributed by atoms with E-state index in [9.17, 15) is 0 Å². The van der Waals surface area contributed by atoms with Crippen LogP contribution in [0.4, 0.5) is 17.1 Å². The third-order valence-electron chi connectivity index (χ3n) is 13.8. The minimum absolute atomic E-state index is 1.09. The normalized spacial score (nSPS) is 11.6. The van der Waals surface area contributed by atoms with Crippen molar-refractivity contribution in [3.8, 4) is 44.5 Å². The summed E-state index contributed by atoms with van der Waals surface area (Å²) < 4.78 is 0. The Hall–Kier alpha value is -8.78. The van der Waals surface area contributed by atoms with Gasteiger partial charge < -0.3 is 4.90 Å². The van der Waals surface area contributed by atoms with Crippen LogP contribution in [0.15, 0.2) is 261 Å². The molecule has 0 N–H and O–H groups in total. The Morgan fingerprint density at radius 2 is 0.731 bits per heavy atom. The van der Waals surface area contributed by atoms with Gasteiger partial charge in [-0.1, -0.05) is 224 Å². The van der Waals surface area contributed by atoms with Crippen molar-refractivity contribution in [3.63, 3.8) is 0 Å². The molecular formula is C66H43N. The van der Waals surface area contributed by atoms with Crippen LogP contribution < -0.4 is 4.90 Å². The van der Waals surface area contributed by atoms with Crippen molar-refractivity contribution in [2.75, 3.05) is 4.90 Å². The van der Waals surface area contributed by atoms with Crippen LogP contribution in [0.5, 0.6) is 0 Å². The quantitative estimate of drug-likeness (QED) is 0.144. The second-order valence-electron chi connectivity index (χ2n) is 17.5. The predicted molar refractivity (Wildman–Crippen MR) is 288 cm³/mol. The first kappa shape index (κ1) is 38.7. The second-order valence-corrected chi connectivity index (χ2v) is 17.5. The fourth-order valence-corrected chi connectivity index (χ4v) is 10.8. The van der Waals surface area contributed by atoms with Crippen molar-refractivity contribution in [1.82, 2.24) is 0 Å². The zero-order chi connectivity index (χ0) is 44.3. The second kappa shape index (κ2) is 16.0. The molecular weight excluding hydrogens is 807 g/mol. The first-order valence-electron chi connectivity index (χ1n) is 23.2. The van der Waals surface area contributed by atoms with Gasteiger partial charge in [-0.2, -0.15) is 0 Å². The molecule has 1 heteroatoms. The lowest BCUT2D eigenvalue weighted by atomic mass is 9.81. The number of nitrogens with zero attached hydrogens (tertiary/aromatic N) is 1. The highest BCUT2D eigenvalue weighted by Gasteiger charge is 2.24. The van der Waals surface area contributed by atoms with Gasteiger partial charge in [0.15, 0.2) is 0 Å². The molecule has 0 atom stereocenters. The predicted octanol–water partition coefficient (Wildman–Crippen LogP) is 18.7. The van der Waals surface area contributed by atoms with Crippen molar-refractivity contribution in [2.45, 2.75) is 0 Å². The van der Waals surface area contributed by atoms with E-state index in [1.54, 1.807) is 0 Å². The SMILES string of the molecule is c1ccc(-c2cc(-c3ccccc3)c3c4ccccc4c4cc(N(c5cccc(-c6cccc7ccccc67)c5)c5cc6ccccc6c6ccccc56)ccc4c3c2-c2ccccc2)cc1. The average Bonchev–Trinajstić information content (AvgIpc) is 3.41. The van der Waals surface area contributed by atoms with E-state index in [4.69, 9.17) is 0 Å². The molecule has 0 unspecified atom stereocenters. The molecule has 13 aromatic carbocycles. The van der Waals surface area contributed by atoms with Gasteiger partial charge in [-0.15, -0.1) is 0 Å². The standard InChI is InChI=1S/C66H43N/c1-4-20-45(21-5-1)60-43-61(46-22-6-2-7-23-46)65-58-36-17-15-34-56(58)62-42-51(38-39-59(62)66(65)64(60)47-25-8-3-9-26-47)67(63-41-49-27-11-13-32-54(49)55-33-14-16-35-57(55)63)50-30-18-29-48(40-50)53-37-19-28-44-24-10-12-31-52(44)53/h1-43H. The summed E-state index contributed by atoms with van der Waals surface area (Å²) in [6, 6.07) is 96.1. The van der Waals surface area contributed by atoms with Crippen LogP contribution in [0.2, 0.25) is 0 Å². The molecule has 0 aliphatic heterocycles. The van der Waals surface area contributed by atoms with E-state index in [0.717, 1.165) is 17.1 Å². The Kier molecular flexibility index (Phi) is 9.25. The highest BCUT2D eigenvalue weighted by Crippen LogP contribution is 2.51. The molecule has 0 aromatic heterocycles. The molecule has 0 saturated carbocycles. The number of anilines is 3. The number of benzene rings is 13. The minimum atomic E-state index is 1.09. The van der Waals surface area contributed by atoms with Crippen molar-refractivity contribution < 1.29 is 0 Å². The Labute approximate surface area is 390 Å². The molecule has 0 aliphatic carbocycles. The van der Waals surface area contributed by atoms with Gasteiger partial charge in [0.05, 0.1) is 5.69 Å². The van der Waals surface area contributed by atoms with E-state index in [2.05, 4.69) is 266 Å². The van der Waals surface area contributed by atoms with Crippen molar-refractivity contribution in [2.24, 2.45) is 0 Å². The maximum atomic E-state index is 2.50. The molecule has 0 saturated heterocycles. The van der Waals surface area contributed by atoms with Gasteiger partial charge >= 0.3 is 0 Å². The van der Waals surface area contributed by atoms with Gasteiger partial charge in [-0.25, -0.2) is 0 Å². The zero-order valence-corrected chi connectivity index (χ0v) is 36.8. The minimum Gasteiger partial charge on any atom is -0.310 e. The van der Waals surface area contributed by atoms with E-state index in [-0.39, 0.29) is 0 Å². The maximum Gasteiger partial charge on any atom is 0.0546 e. The van der Waals surface area contributed by atoms with Gasteiger partial charge in [0.2, 0.25) is 0 Å². The van der Waals surface area contributed by atoms with E-state index in [1.807, 2.05) is 0 Å². The van der Waals surface area contributed by atoms with E-state index >= 15 is 0 Å². The highest BCUT2D eigenvalue weighted by molar-refractivity contribution is 6.33. The van der Waals surface area contributed by atoms with Crippen LogP contribution in [0.3, 0.4) is 0 Å². The van der Waals surface area contributed by atoms with Crippen LogP contribution in [-0.2, 0) is 0 Å². The van der Waals surface area contributed by atoms with Crippen LogP contribution in [0.1, 0.15) is 0 Å². The highest BCUT2D eigenvalue weighted by atomic mass is 15.1. The number of hydrogen-bond acceptors (Lipinski definition) is 1. The molecule has 13 rings (SSSR count). The summed E-state index contributed by atoms with van der Waals surface area (Å²) in [5.74, 6) is 0. The molecule has 0 fully saturated rings. The molecule has 0 radical (unpaired) electrons. The molecule has 312 valence electrons. The van der Waals surface area contributed by atoms with Crippen molar-refractivity contribution >= 4 is 81.7 Å². The Morgan fingerprint density at radius 3 is 1.46 bits per heavy atom. The first-order chi connectivity index (χ1) is 33.3. The summed E-state index contributed by atoms with van der Waals surface area (Å²) in [4.78, 5) is 2.50. The summed E-state index contributed by atoms with van der Waals surface area (Å²) in [5, 5.41) is 14.8. The summed E-state index contributed by atoms with van der Waals surface area (Å²) >= 11 is 0. The van der Waals surface area contributed by atoms with Crippen molar-refractivity contribution in [1.29, 1.82) is 0 Å². The molecule has 1 nitrogen and oxygen atoms in total. The summed E-state index contributed by atoms with van der Waals surface area (Å²) in [6.07, 6.45) is 0. The Morgan fingerprint density at radius 1 is 0.224 bits per heavy atom. The molecule has 0 bridgehead atoms. The third-order valence-corrected chi connectivity index (χ3v) is 13.8. The average molecular weight is 850 g/mol. The smallest absolute Gasteiger partial charge is 0.0546 e. The van der Waals surface area contributed by atoms with Crippen molar-refractivity contribution in [3.05, 3.63) is 261 Å². The summed E-state index contributed by atoms with van der Waals surface area (Å²) in [7, 11) is 0. The lowest BCUT2D eigenvalue weighted by molar-refractivity contribution is 1.31. The van der Waals surface area contributed by atoms with Crippen LogP contribution in [0, 0.1) is 0 Å². The molecule has 0 amide bonds. The fourth-order valence-electron chi connectivity index (χ4n) is 10.8. The molecule has 0 aliphatic rings. The van der Waals surface area contributed by atoms with E-state index < -0.39 is 0 Å². The number of hydrogen-bond donors (Lipinski definition) is 0. The topological polar surface area (TPSA) is 3.24 Å². The Bertz CT molecular complexity index is 4020. The lowest BCUT2D eigenvalue weighted by Crippen LogP contribution is -2.11. The lowest BCUT2D eigenvalue weighted by Gasteiger charge is -2.29. The third kappa shape index (κ3) is 6.47. The van der Waals surface area contributed by atoms with Crippen LogP contribution in [-0.4, -0.2) is 0 Å². The number of rotatable bonds is 7. The zero-order valence-electron chi connectivity index (χ0n) is 36.8. The summed E-state index contributed by atoms with van der Waals surface area (Å²) in [6.45, 7) is 0. The number of fused-ring (bicyclic) bond motifs is 10. The maximum absolute atomic E-state index is 2.50. The summed E-state index contributed by atoms with van der Waals surface area (Å²) in [5.41, 5.74) is 13.0. The first-order valence-corrected chi connectivity index (χ1v) is 23.2. The van der Waals surface area contributed by atoms with Gasteiger partial charge in [0.25, 0.3) is 0 Å². The van der Waals surface area contributed by atoms with Gasteiger partial charge in [0.1, 0.15) is 0 Å². The van der Waals surface area contributed by atoms with Gasteiger partial charge in [0, 0.05) is 16.8 Å². The van der Waals surface area contributed by atoms with Crippen LogP contribution >= 0.6 is 0 Å². The monoisotopic (exact) mass is 849 g/mol. The molecule has 0 spiro atoms. The molecule has 13 aromatic rings. The van der Waals surface area contributed by atoms with Gasteiger partial charge in [-0.05, 0) is 140 Å². The molecule has 0 heterocycles. The largest absolute Gasteiger partial charge is 0.310 e. The van der Waals surface area contributed by atoms with E-state index in [0.29, 0.717) is 0 Å².